The van der Waals surface area contributed by atoms with Gasteiger partial charge in [-0.15, -0.1) is 0 Å². The van der Waals surface area contributed by atoms with Gasteiger partial charge < -0.3 is 10.6 Å². The van der Waals surface area contributed by atoms with Crippen molar-refractivity contribution in [1.82, 2.24) is 15.1 Å². The van der Waals surface area contributed by atoms with Crippen LogP contribution in [0.5, 0.6) is 0 Å². The smallest absolute Gasteiger partial charge is 0.123 e. The molecule has 0 saturated carbocycles. The Morgan fingerprint density at radius 2 is 2.60 bits per heavy atom. The molecule has 1 aromatic heterocycles. The maximum Gasteiger partial charge on any atom is 0.123 e. The minimum Gasteiger partial charge on any atom is -0.370 e. The van der Waals surface area contributed by atoms with Crippen LogP contribution in [-0.2, 0) is 7.05 Å². The molecule has 2 rings (SSSR count). The van der Waals surface area contributed by atoms with Crippen LogP contribution < -0.4 is 10.6 Å². The molecule has 2 heterocycles. The fraction of sp³-hybridized carbons (Fsp3) is 0.727. The first kappa shape index (κ1) is 10.5. The third kappa shape index (κ3) is 2.96. The van der Waals surface area contributed by atoms with Crippen molar-refractivity contribution < 1.29 is 0 Å². The summed E-state index contributed by atoms with van der Waals surface area (Å²) in [5.41, 5.74) is 0. The summed E-state index contributed by atoms with van der Waals surface area (Å²) >= 11 is 0. The summed E-state index contributed by atoms with van der Waals surface area (Å²) in [6.45, 7) is 3.47. The second-order valence-corrected chi connectivity index (χ2v) is 4.27. The molecule has 0 aromatic carbocycles. The molecular formula is C11H20N4. The number of nitrogens with one attached hydrogen (secondary N) is 2. The van der Waals surface area contributed by atoms with E-state index in [1.807, 2.05) is 24.0 Å². The van der Waals surface area contributed by atoms with Crippen LogP contribution in [0.1, 0.15) is 19.3 Å². The van der Waals surface area contributed by atoms with Crippen molar-refractivity contribution in [3.8, 4) is 0 Å². The van der Waals surface area contributed by atoms with Gasteiger partial charge in [-0.2, -0.15) is 5.10 Å². The Bertz CT molecular complexity index is 289. The summed E-state index contributed by atoms with van der Waals surface area (Å²) < 4.78 is 1.87. The van der Waals surface area contributed by atoms with Gasteiger partial charge in [0.1, 0.15) is 5.82 Å². The lowest BCUT2D eigenvalue weighted by Gasteiger charge is -2.09. The topological polar surface area (TPSA) is 41.9 Å². The minimum atomic E-state index is 0.901. The summed E-state index contributed by atoms with van der Waals surface area (Å²) in [5, 5.41) is 10.9. The van der Waals surface area contributed by atoms with Crippen molar-refractivity contribution in [3.63, 3.8) is 0 Å². The zero-order valence-corrected chi connectivity index (χ0v) is 9.37. The van der Waals surface area contributed by atoms with Crippen LogP contribution in [0.25, 0.3) is 0 Å². The molecule has 1 unspecified atom stereocenters. The SMILES string of the molecule is Cn1nccc1NCCCC1CCNC1. The zero-order chi connectivity index (χ0) is 10.5. The van der Waals surface area contributed by atoms with E-state index in [0.717, 1.165) is 18.3 Å². The van der Waals surface area contributed by atoms with E-state index in [0.29, 0.717) is 0 Å². The van der Waals surface area contributed by atoms with E-state index >= 15 is 0 Å². The quantitative estimate of drug-likeness (QED) is 0.715. The van der Waals surface area contributed by atoms with Gasteiger partial charge in [0.25, 0.3) is 0 Å². The van der Waals surface area contributed by atoms with Gasteiger partial charge in [0, 0.05) is 19.7 Å². The van der Waals surface area contributed by atoms with E-state index < -0.39 is 0 Å². The van der Waals surface area contributed by atoms with E-state index in [1.54, 1.807) is 0 Å². The Morgan fingerprint density at radius 1 is 1.67 bits per heavy atom. The molecule has 0 amide bonds. The third-order valence-electron chi connectivity index (χ3n) is 3.08. The summed E-state index contributed by atoms with van der Waals surface area (Å²) in [4.78, 5) is 0. The average Bonchev–Trinajstić information content (AvgIpc) is 2.85. The minimum absolute atomic E-state index is 0.901. The lowest BCUT2D eigenvalue weighted by molar-refractivity contribution is 0.517. The number of aryl methyl sites for hydroxylation is 1. The van der Waals surface area contributed by atoms with E-state index in [-0.39, 0.29) is 0 Å². The standard InChI is InChI=1S/C11H20N4/c1-15-11(5-8-14-15)13-6-2-3-10-4-7-12-9-10/h5,8,10,12-13H,2-4,6-7,9H2,1H3. The predicted molar refractivity (Wildman–Crippen MR) is 61.9 cm³/mol. The highest BCUT2D eigenvalue weighted by molar-refractivity contribution is 5.33. The Labute approximate surface area is 91.1 Å². The molecule has 84 valence electrons. The van der Waals surface area contributed by atoms with Crippen molar-refractivity contribution in [2.75, 3.05) is 25.0 Å². The Kier molecular flexibility index (Phi) is 3.61. The average molecular weight is 208 g/mol. The maximum absolute atomic E-state index is 4.12. The van der Waals surface area contributed by atoms with E-state index in [2.05, 4.69) is 15.7 Å². The maximum atomic E-state index is 4.12. The summed E-state index contributed by atoms with van der Waals surface area (Å²) in [7, 11) is 1.96. The van der Waals surface area contributed by atoms with Crippen molar-refractivity contribution in [1.29, 1.82) is 0 Å². The second-order valence-electron chi connectivity index (χ2n) is 4.27. The second kappa shape index (κ2) is 5.16. The molecule has 0 aliphatic carbocycles. The highest BCUT2D eigenvalue weighted by Crippen LogP contribution is 2.14. The first-order chi connectivity index (χ1) is 7.36. The summed E-state index contributed by atoms with van der Waals surface area (Å²) in [6.07, 6.45) is 5.75. The first-order valence-electron chi connectivity index (χ1n) is 5.79. The van der Waals surface area contributed by atoms with Gasteiger partial charge in [-0.05, 0) is 38.3 Å². The van der Waals surface area contributed by atoms with E-state index in [9.17, 15) is 0 Å². The molecule has 1 saturated heterocycles. The van der Waals surface area contributed by atoms with Gasteiger partial charge in [0.2, 0.25) is 0 Å². The molecule has 15 heavy (non-hydrogen) atoms. The fourth-order valence-corrected chi connectivity index (χ4v) is 2.12. The molecule has 1 aliphatic rings. The van der Waals surface area contributed by atoms with Crippen LogP contribution in [0.3, 0.4) is 0 Å². The summed E-state index contributed by atoms with van der Waals surface area (Å²) in [6, 6.07) is 2.01. The normalized spacial score (nSPS) is 20.7. The van der Waals surface area contributed by atoms with Gasteiger partial charge in [-0.3, -0.25) is 4.68 Å². The van der Waals surface area contributed by atoms with Gasteiger partial charge in [-0.25, -0.2) is 0 Å². The molecule has 1 aliphatic heterocycles. The van der Waals surface area contributed by atoms with Crippen LogP contribution in [0.15, 0.2) is 12.3 Å². The molecule has 1 atom stereocenters. The molecule has 0 radical (unpaired) electrons. The molecule has 1 fully saturated rings. The molecule has 1 aromatic rings. The molecule has 4 heteroatoms. The fourth-order valence-electron chi connectivity index (χ4n) is 2.12. The Morgan fingerprint density at radius 3 is 3.27 bits per heavy atom. The number of hydrogen-bond acceptors (Lipinski definition) is 3. The zero-order valence-electron chi connectivity index (χ0n) is 9.37. The van der Waals surface area contributed by atoms with Crippen LogP contribution in [-0.4, -0.2) is 29.4 Å². The van der Waals surface area contributed by atoms with E-state index in [1.165, 1.54) is 32.4 Å². The number of nitrogens with zero attached hydrogens (tertiary/aromatic N) is 2. The predicted octanol–water partition coefficient (Wildman–Crippen LogP) is 1.22. The number of hydrogen-bond donors (Lipinski definition) is 2. The molecule has 2 N–H and O–H groups in total. The largest absolute Gasteiger partial charge is 0.370 e. The monoisotopic (exact) mass is 208 g/mol. The van der Waals surface area contributed by atoms with Gasteiger partial charge in [0.15, 0.2) is 0 Å². The molecule has 4 nitrogen and oxygen atoms in total. The van der Waals surface area contributed by atoms with Crippen LogP contribution in [0.2, 0.25) is 0 Å². The number of rotatable bonds is 5. The lowest BCUT2D eigenvalue weighted by Crippen LogP contribution is -2.11. The Balaban J connectivity index is 1.60. The van der Waals surface area contributed by atoms with Crippen LogP contribution in [0.4, 0.5) is 5.82 Å². The number of aromatic nitrogens is 2. The van der Waals surface area contributed by atoms with Crippen LogP contribution >= 0.6 is 0 Å². The third-order valence-corrected chi connectivity index (χ3v) is 3.08. The van der Waals surface area contributed by atoms with Crippen molar-refractivity contribution in [2.45, 2.75) is 19.3 Å². The van der Waals surface area contributed by atoms with Crippen molar-refractivity contribution in [2.24, 2.45) is 13.0 Å². The lowest BCUT2D eigenvalue weighted by atomic mass is 10.0. The summed E-state index contributed by atoms with van der Waals surface area (Å²) in [5.74, 6) is 2.01. The van der Waals surface area contributed by atoms with Gasteiger partial charge in [-0.1, -0.05) is 0 Å². The van der Waals surface area contributed by atoms with Crippen molar-refractivity contribution >= 4 is 5.82 Å². The molecular weight excluding hydrogens is 188 g/mol. The van der Waals surface area contributed by atoms with Gasteiger partial charge >= 0.3 is 0 Å². The molecule has 0 bridgehead atoms. The van der Waals surface area contributed by atoms with Gasteiger partial charge in [0.05, 0.1) is 6.20 Å². The first-order valence-corrected chi connectivity index (χ1v) is 5.79. The number of anilines is 1. The highest BCUT2D eigenvalue weighted by Gasteiger charge is 2.13. The highest BCUT2D eigenvalue weighted by atomic mass is 15.3. The van der Waals surface area contributed by atoms with E-state index in [4.69, 9.17) is 0 Å². The van der Waals surface area contributed by atoms with Crippen molar-refractivity contribution in [3.05, 3.63) is 12.3 Å². The van der Waals surface area contributed by atoms with Crippen LogP contribution in [0, 0.1) is 5.92 Å². The Hall–Kier alpha value is -1.03. The molecule has 0 spiro atoms.